The van der Waals surface area contributed by atoms with Gasteiger partial charge in [-0.05, 0) is 30.9 Å². The van der Waals surface area contributed by atoms with Crippen LogP contribution in [-0.4, -0.2) is 23.5 Å². The number of nitrogens with one attached hydrogen (secondary N) is 1. The SMILES string of the molecule is CSCCCCCNc1ccc([N+](=O)[O-])cc1Cl. The van der Waals surface area contributed by atoms with Crippen LogP contribution in [0, 0.1) is 10.1 Å². The van der Waals surface area contributed by atoms with E-state index in [1.54, 1.807) is 6.07 Å². The summed E-state index contributed by atoms with van der Waals surface area (Å²) in [6.45, 7) is 0.839. The second-order valence-electron chi connectivity index (χ2n) is 3.90. The number of non-ortho nitro benzene ring substituents is 1. The van der Waals surface area contributed by atoms with Crippen LogP contribution in [0.3, 0.4) is 0 Å². The van der Waals surface area contributed by atoms with Crippen molar-refractivity contribution in [1.82, 2.24) is 0 Å². The lowest BCUT2D eigenvalue weighted by Crippen LogP contribution is -2.02. The third-order valence-corrected chi connectivity index (χ3v) is 3.51. The fraction of sp³-hybridized carbons (Fsp3) is 0.500. The quantitative estimate of drug-likeness (QED) is 0.443. The Labute approximate surface area is 116 Å². The first-order chi connectivity index (χ1) is 8.65. The number of halogens is 1. The second kappa shape index (κ2) is 8.21. The first kappa shape index (κ1) is 15.1. The number of hydrogen-bond donors (Lipinski definition) is 1. The van der Waals surface area contributed by atoms with Gasteiger partial charge in [-0.1, -0.05) is 18.0 Å². The van der Waals surface area contributed by atoms with Crippen LogP contribution in [0.2, 0.25) is 5.02 Å². The fourth-order valence-electron chi connectivity index (χ4n) is 1.53. The van der Waals surface area contributed by atoms with E-state index in [2.05, 4.69) is 11.6 Å². The van der Waals surface area contributed by atoms with Gasteiger partial charge in [-0.3, -0.25) is 10.1 Å². The van der Waals surface area contributed by atoms with Crippen LogP contribution in [0.15, 0.2) is 18.2 Å². The average molecular weight is 289 g/mol. The van der Waals surface area contributed by atoms with Crippen molar-refractivity contribution in [2.45, 2.75) is 19.3 Å². The van der Waals surface area contributed by atoms with Crippen molar-refractivity contribution in [3.05, 3.63) is 33.3 Å². The van der Waals surface area contributed by atoms with Gasteiger partial charge in [0.25, 0.3) is 5.69 Å². The van der Waals surface area contributed by atoms with Crippen LogP contribution in [0.25, 0.3) is 0 Å². The highest BCUT2D eigenvalue weighted by molar-refractivity contribution is 7.98. The van der Waals surface area contributed by atoms with E-state index < -0.39 is 4.92 Å². The van der Waals surface area contributed by atoms with Gasteiger partial charge in [0, 0.05) is 18.7 Å². The van der Waals surface area contributed by atoms with Gasteiger partial charge in [-0.25, -0.2) is 0 Å². The lowest BCUT2D eigenvalue weighted by molar-refractivity contribution is -0.384. The number of rotatable bonds is 8. The fourth-order valence-corrected chi connectivity index (χ4v) is 2.27. The summed E-state index contributed by atoms with van der Waals surface area (Å²) < 4.78 is 0. The lowest BCUT2D eigenvalue weighted by Gasteiger charge is -2.07. The van der Waals surface area contributed by atoms with Gasteiger partial charge >= 0.3 is 0 Å². The number of anilines is 1. The molecule has 0 amide bonds. The molecule has 0 aliphatic heterocycles. The molecule has 0 aliphatic rings. The van der Waals surface area contributed by atoms with E-state index in [0.29, 0.717) is 5.02 Å². The molecule has 0 spiro atoms. The summed E-state index contributed by atoms with van der Waals surface area (Å²) in [6, 6.07) is 4.49. The maximum Gasteiger partial charge on any atom is 0.271 e. The Morgan fingerprint density at radius 1 is 1.39 bits per heavy atom. The minimum Gasteiger partial charge on any atom is -0.384 e. The van der Waals surface area contributed by atoms with E-state index in [9.17, 15) is 10.1 Å². The Hall–Kier alpha value is -0.940. The Bertz CT molecular complexity index is 402. The number of nitrogens with zero attached hydrogens (tertiary/aromatic N) is 1. The molecule has 0 saturated heterocycles. The number of nitro benzene ring substituents is 1. The van der Waals surface area contributed by atoms with E-state index in [4.69, 9.17) is 11.6 Å². The number of thioether (sulfide) groups is 1. The summed E-state index contributed by atoms with van der Waals surface area (Å²) in [4.78, 5) is 10.1. The summed E-state index contributed by atoms with van der Waals surface area (Å²) in [5.74, 6) is 1.19. The van der Waals surface area contributed by atoms with E-state index in [1.165, 1.54) is 30.7 Å². The monoisotopic (exact) mass is 288 g/mol. The molecule has 0 unspecified atom stereocenters. The first-order valence-electron chi connectivity index (χ1n) is 5.82. The number of benzene rings is 1. The van der Waals surface area contributed by atoms with Crippen molar-refractivity contribution in [1.29, 1.82) is 0 Å². The predicted octanol–water partition coefficient (Wildman–Crippen LogP) is 4.19. The van der Waals surface area contributed by atoms with Crippen LogP contribution in [0.4, 0.5) is 11.4 Å². The minimum atomic E-state index is -0.446. The summed E-state index contributed by atoms with van der Waals surface area (Å²) in [5.41, 5.74) is 0.776. The molecule has 100 valence electrons. The summed E-state index contributed by atoms with van der Waals surface area (Å²) in [5, 5.41) is 14.1. The molecule has 0 fully saturated rings. The number of hydrogen-bond acceptors (Lipinski definition) is 4. The molecule has 0 atom stereocenters. The van der Waals surface area contributed by atoms with E-state index in [-0.39, 0.29) is 5.69 Å². The Kier molecular flexibility index (Phi) is 6.90. The topological polar surface area (TPSA) is 55.2 Å². The molecule has 1 aromatic rings. The second-order valence-corrected chi connectivity index (χ2v) is 5.29. The molecule has 18 heavy (non-hydrogen) atoms. The van der Waals surface area contributed by atoms with Crippen molar-refractivity contribution in [3.63, 3.8) is 0 Å². The molecule has 0 heterocycles. The average Bonchev–Trinajstić information content (AvgIpc) is 2.35. The van der Waals surface area contributed by atoms with Gasteiger partial charge in [0.2, 0.25) is 0 Å². The molecule has 0 aromatic heterocycles. The molecule has 0 radical (unpaired) electrons. The predicted molar refractivity (Wildman–Crippen MR) is 78.8 cm³/mol. The molecular formula is C12H17ClN2O2S. The molecule has 1 rings (SSSR count). The van der Waals surface area contributed by atoms with E-state index in [1.807, 2.05) is 11.8 Å². The largest absolute Gasteiger partial charge is 0.384 e. The normalized spacial score (nSPS) is 10.3. The van der Waals surface area contributed by atoms with Gasteiger partial charge in [0.1, 0.15) is 0 Å². The van der Waals surface area contributed by atoms with Crippen LogP contribution in [0.5, 0.6) is 0 Å². The summed E-state index contributed by atoms with van der Waals surface area (Å²) >= 11 is 7.82. The number of unbranched alkanes of at least 4 members (excludes halogenated alkanes) is 2. The molecule has 1 aromatic carbocycles. The van der Waals surface area contributed by atoms with Gasteiger partial charge in [0.15, 0.2) is 0 Å². The first-order valence-corrected chi connectivity index (χ1v) is 7.59. The highest BCUT2D eigenvalue weighted by Crippen LogP contribution is 2.26. The van der Waals surface area contributed by atoms with Crippen molar-refractivity contribution >= 4 is 34.7 Å². The van der Waals surface area contributed by atoms with Gasteiger partial charge in [-0.15, -0.1) is 0 Å². The van der Waals surface area contributed by atoms with Crippen LogP contribution in [0.1, 0.15) is 19.3 Å². The molecule has 0 aliphatic carbocycles. The van der Waals surface area contributed by atoms with Crippen molar-refractivity contribution in [2.24, 2.45) is 0 Å². The van der Waals surface area contributed by atoms with E-state index >= 15 is 0 Å². The summed E-state index contributed by atoms with van der Waals surface area (Å²) in [7, 11) is 0. The van der Waals surface area contributed by atoms with Gasteiger partial charge in [-0.2, -0.15) is 11.8 Å². The summed E-state index contributed by atoms with van der Waals surface area (Å²) in [6.07, 6.45) is 5.58. The zero-order chi connectivity index (χ0) is 13.4. The highest BCUT2D eigenvalue weighted by Gasteiger charge is 2.08. The van der Waals surface area contributed by atoms with Crippen LogP contribution >= 0.6 is 23.4 Å². The Morgan fingerprint density at radius 2 is 2.17 bits per heavy atom. The smallest absolute Gasteiger partial charge is 0.271 e. The standard InChI is InChI=1S/C12H17ClN2O2S/c1-18-8-4-2-3-7-14-12-6-5-10(15(16)17)9-11(12)13/h5-6,9,14H,2-4,7-8H2,1H3. The van der Waals surface area contributed by atoms with Crippen molar-refractivity contribution in [3.8, 4) is 0 Å². The molecule has 1 N–H and O–H groups in total. The van der Waals surface area contributed by atoms with E-state index in [0.717, 1.165) is 18.7 Å². The molecular weight excluding hydrogens is 272 g/mol. The Morgan fingerprint density at radius 3 is 2.78 bits per heavy atom. The van der Waals surface area contributed by atoms with Crippen molar-refractivity contribution in [2.75, 3.05) is 23.9 Å². The lowest BCUT2D eigenvalue weighted by atomic mass is 10.2. The minimum absolute atomic E-state index is 0.0190. The van der Waals surface area contributed by atoms with Gasteiger partial charge in [0.05, 0.1) is 15.6 Å². The third-order valence-electron chi connectivity index (χ3n) is 2.50. The highest BCUT2D eigenvalue weighted by atomic mass is 35.5. The van der Waals surface area contributed by atoms with Crippen LogP contribution < -0.4 is 5.32 Å². The maximum atomic E-state index is 10.5. The van der Waals surface area contributed by atoms with Gasteiger partial charge < -0.3 is 5.32 Å². The Balaban J connectivity index is 2.36. The zero-order valence-electron chi connectivity index (χ0n) is 10.3. The zero-order valence-corrected chi connectivity index (χ0v) is 11.9. The molecule has 4 nitrogen and oxygen atoms in total. The third kappa shape index (κ3) is 5.14. The molecule has 6 heteroatoms. The van der Waals surface area contributed by atoms with Crippen molar-refractivity contribution < 1.29 is 4.92 Å². The number of nitro groups is 1. The maximum absolute atomic E-state index is 10.5. The van der Waals surface area contributed by atoms with Crippen LogP contribution in [-0.2, 0) is 0 Å². The molecule has 0 bridgehead atoms. The molecule has 0 saturated carbocycles.